The predicted octanol–water partition coefficient (Wildman–Crippen LogP) is 10.3. The number of pyridine rings is 2. The summed E-state index contributed by atoms with van der Waals surface area (Å²) in [5, 5.41) is 15.0. The average molecular weight is 1190 g/mol. The van der Waals surface area contributed by atoms with Gasteiger partial charge in [0.05, 0.1) is 23.3 Å². The van der Waals surface area contributed by atoms with Gasteiger partial charge in [-0.3, -0.25) is 19.2 Å². The highest BCUT2D eigenvalue weighted by Gasteiger charge is 2.31. The van der Waals surface area contributed by atoms with Crippen molar-refractivity contribution in [2.24, 2.45) is 0 Å². The minimum atomic E-state index is -0.511. The Morgan fingerprint density at radius 2 is 1.05 bits per heavy atom. The van der Waals surface area contributed by atoms with Crippen LogP contribution in [-0.2, 0) is 41.8 Å². The first-order chi connectivity index (χ1) is 39.9. The van der Waals surface area contributed by atoms with Crippen LogP contribution in [0.3, 0.4) is 0 Å². The lowest BCUT2D eigenvalue weighted by Gasteiger charge is -2.25. The second kappa shape index (κ2) is 36.4. The number of carbonyl (C=O) groups is 6. The summed E-state index contributed by atoms with van der Waals surface area (Å²) in [6.07, 6.45) is 14.1. The van der Waals surface area contributed by atoms with Gasteiger partial charge in [0.25, 0.3) is 11.8 Å². The van der Waals surface area contributed by atoms with Crippen molar-refractivity contribution in [1.29, 1.82) is 0 Å². The monoisotopic (exact) mass is 1190 g/mol. The quantitative estimate of drug-likeness (QED) is 0.0344. The topological polar surface area (TPSA) is 232 Å². The molecule has 0 spiro atoms. The number of rotatable bonds is 23. The summed E-state index contributed by atoms with van der Waals surface area (Å²) in [5.74, 6) is -0.163. The van der Waals surface area contributed by atoms with E-state index in [1.165, 1.54) is 44.2 Å². The SMILES string of the molecule is CCC1CCCCO1.O=C(NCCCC(=O)N1CCC[C@@H]1CNC(=O)c1ccc(Cl)nc1Cl)OCc1ccccc1.O=C(NCCCC(=O)N1CCC[C@@H]1CNC(=O)c1ccc(Cl)nc1NCCC1CCCCO1)OCc1ccccc1. The molecule has 2 aromatic heterocycles. The fraction of sp³-hybridized carbons (Fsp3) is 0.533. The Kier molecular flexibility index (Phi) is 28.8. The van der Waals surface area contributed by atoms with Crippen molar-refractivity contribution >= 4 is 76.4 Å². The number of amides is 6. The van der Waals surface area contributed by atoms with Crippen molar-refractivity contribution in [3.8, 4) is 0 Å². The van der Waals surface area contributed by atoms with Crippen LogP contribution in [0.4, 0.5) is 15.4 Å². The minimum absolute atomic E-state index is 0.00241. The third-order valence-corrected chi connectivity index (χ3v) is 15.1. The molecule has 2 unspecified atom stereocenters. The van der Waals surface area contributed by atoms with Gasteiger partial charge in [0.1, 0.15) is 34.5 Å². The molecule has 4 atom stereocenters. The molecule has 0 radical (unpaired) electrons. The zero-order valence-electron chi connectivity index (χ0n) is 47.0. The molecule has 8 rings (SSSR count). The van der Waals surface area contributed by atoms with Gasteiger partial charge in [-0.25, -0.2) is 19.6 Å². The van der Waals surface area contributed by atoms with Crippen LogP contribution in [0.15, 0.2) is 84.9 Å². The third kappa shape index (κ3) is 23.2. The number of halogens is 3. The molecule has 4 aromatic rings. The van der Waals surface area contributed by atoms with Gasteiger partial charge in [0.15, 0.2) is 0 Å². The first-order valence-corrected chi connectivity index (χ1v) is 30.0. The summed E-state index contributed by atoms with van der Waals surface area (Å²) in [7, 11) is 0. The van der Waals surface area contributed by atoms with Crippen LogP contribution in [0.25, 0.3) is 0 Å². The highest BCUT2D eigenvalue weighted by Crippen LogP contribution is 2.23. The van der Waals surface area contributed by atoms with E-state index in [-0.39, 0.29) is 70.9 Å². The summed E-state index contributed by atoms with van der Waals surface area (Å²) in [4.78, 5) is 86.5. The second-order valence-corrected chi connectivity index (χ2v) is 21.6. The summed E-state index contributed by atoms with van der Waals surface area (Å²) in [6, 6.07) is 25.0. The molecule has 0 saturated carbocycles. The molecule has 0 bridgehead atoms. The fourth-order valence-corrected chi connectivity index (χ4v) is 10.5. The van der Waals surface area contributed by atoms with E-state index in [9.17, 15) is 28.8 Å². The molecule has 446 valence electrons. The fourth-order valence-electron chi connectivity index (χ4n) is 9.91. The van der Waals surface area contributed by atoms with E-state index in [0.717, 1.165) is 69.3 Å². The van der Waals surface area contributed by atoms with Crippen molar-refractivity contribution in [1.82, 2.24) is 41.0 Å². The number of ether oxygens (including phenoxy) is 4. The van der Waals surface area contributed by atoms with Crippen LogP contribution in [0.2, 0.25) is 15.5 Å². The highest BCUT2D eigenvalue weighted by molar-refractivity contribution is 6.34. The number of nitrogens with zero attached hydrogens (tertiary/aromatic N) is 4. The Labute approximate surface area is 497 Å². The summed E-state index contributed by atoms with van der Waals surface area (Å²) in [6.45, 7) is 7.69. The Bertz CT molecular complexity index is 2610. The minimum Gasteiger partial charge on any atom is -0.445 e. The number of likely N-dealkylation sites (tertiary alicyclic amines) is 2. The van der Waals surface area contributed by atoms with Crippen molar-refractivity contribution in [3.63, 3.8) is 0 Å². The van der Waals surface area contributed by atoms with Gasteiger partial charge < -0.3 is 55.3 Å². The van der Waals surface area contributed by atoms with Gasteiger partial charge in [0.2, 0.25) is 11.8 Å². The number of carbonyl (C=O) groups excluding carboxylic acids is 6. The van der Waals surface area contributed by atoms with Crippen molar-refractivity contribution in [3.05, 3.63) is 123 Å². The van der Waals surface area contributed by atoms with Crippen LogP contribution in [0, 0.1) is 0 Å². The van der Waals surface area contributed by atoms with E-state index in [1.807, 2.05) is 65.6 Å². The second-order valence-electron chi connectivity index (χ2n) is 20.5. The zero-order valence-corrected chi connectivity index (χ0v) is 49.3. The lowest BCUT2D eigenvalue weighted by atomic mass is 10.1. The van der Waals surface area contributed by atoms with Gasteiger partial charge >= 0.3 is 12.2 Å². The maximum absolute atomic E-state index is 13.1. The molecule has 2 aromatic carbocycles. The zero-order chi connectivity index (χ0) is 58.3. The molecule has 4 fully saturated rings. The number of aromatic nitrogens is 2. The maximum Gasteiger partial charge on any atom is 0.407 e. The van der Waals surface area contributed by atoms with E-state index in [0.29, 0.717) is 94.1 Å². The van der Waals surface area contributed by atoms with E-state index >= 15 is 0 Å². The number of anilines is 1. The first-order valence-electron chi connectivity index (χ1n) is 28.9. The Morgan fingerprint density at radius 3 is 1.52 bits per heavy atom. The number of hydrogen-bond acceptors (Lipinski definition) is 13. The molecule has 4 aliphatic heterocycles. The number of alkyl carbamates (subject to hydrolysis) is 2. The molecular formula is C60H80Cl3N9O10. The molecule has 4 aliphatic rings. The van der Waals surface area contributed by atoms with Gasteiger partial charge in [-0.1, -0.05) is 102 Å². The van der Waals surface area contributed by atoms with Crippen LogP contribution in [0.5, 0.6) is 0 Å². The smallest absolute Gasteiger partial charge is 0.407 e. The molecule has 82 heavy (non-hydrogen) atoms. The van der Waals surface area contributed by atoms with Crippen molar-refractivity contribution in [2.75, 3.05) is 64.3 Å². The summed E-state index contributed by atoms with van der Waals surface area (Å²) >= 11 is 17.9. The van der Waals surface area contributed by atoms with Crippen molar-refractivity contribution < 1.29 is 47.7 Å². The first kappa shape index (κ1) is 64.9. The van der Waals surface area contributed by atoms with Gasteiger partial charge in [-0.15, -0.1) is 0 Å². The van der Waals surface area contributed by atoms with Crippen LogP contribution in [-0.4, -0.2) is 139 Å². The Morgan fingerprint density at radius 1 is 0.561 bits per heavy atom. The molecule has 6 amide bonds. The summed E-state index contributed by atoms with van der Waals surface area (Å²) < 4.78 is 21.6. The lowest BCUT2D eigenvalue weighted by molar-refractivity contribution is -0.132. The molecule has 5 N–H and O–H groups in total. The highest BCUT2D eigenvalue weighted by atomic mass is 35.5. The predicted molar refractivity (Wildman–Crippen MR) is 316 cm³/mol. The normalized spacial score (nSPS) is 18.3. The largest absolute Gasteiger partial charge is 0.445 e. The van der Waals surface area contributed by atoms with Crippen LogP contribution < -0.4 is 26.6 Å². The number of hydrogen-bond donors (Lipinski definition) is 5. The third-order valence-electron chi connectivity index (χ3n) is 14.4. The van der Waals surface area contributed by atoms with Gasteiger partial charge in [0, 0.05) is 84.0 Å². The molecule has 6 heterocycles. The Hall–Kier alpha value is -6.25. The van der Waals surface area contributed by atoms with Gasteiger partial charge in [-0.2, -0.15) is 0 Å². The summed E-state index contributed by atoms with van der Waals surface area (Å²) in [5.41, 5.74) is 2.47. The van der Waals surface area contributed by atoms with E-state index in [4.69, 9.17) is 53.8 Å². The van der Waals surface area contributed by atoms with Crippen LogP contribution in [0.1, 0.15) is 141 Å². The Balaban J connectivity index is 0.000000236. The molecular weight excluding hydrogens is 1110 g/mol. The molecule has 22 heteroatoms. The molecule has 19 nitrogen and oxygen atoms in total. The standard InChI is InChI=1S/C30H40ClN5O5.C23H26Cl2N4O4.C7H14O/c31-26-14-13-25(28(35-26)32-17-15-24-11-4-5-19-40-24)29(38)34-20-23-10-7-18-36(23)27(37)12-6-16-33-30(39)41-21-22-8-2-1-3-9-22;24-19-11-10-18(21(25)28-19)22(31)27-14-17-8-5-13-29(17)20(30)9-4-12-26-23(32)33-15-16-6-2-1-3-7-16;1-2-7-5-3-4-6-8-7/h1-3,8-9,13-14,23-24H,4-7,10-12,15-21H2,(H,32,35)(H,33,39)(H,34,38);1-3,6-7,10-11,17H,4-5,8-9,12-15H2,(H,26,32)(H,27,31);7H,2-6H2,1H3/t23-,24?;17-;/m11./s1. The number of nitrogens with one attached hydrogen (secondary N) is 5. The van der Waals surface area contributed by atoms with E-state index < -0.39 is 12.2 Å². The molecule has 0 aliphatic carbocycles. The van der Waals surface area contributed by atoms with E-state index in [1.54, 1.807) is 17.0 Å². The average Bonchev–Trinajstić information content (AvgIpc) is 4.24. The maximum atomic E-state index is 13.1. The van der Waals surface area contributed by atoms with E-state index in [2.05, 4.69) is 43.5 Å². The van der Waals surface area contributed by atoms with Crippen LogP contribution >= 0.6 is 34.8 Å². The van der Waals surface area contributed by atoms with Crippen molar-refractivity contribution in [2.45, 2.75) is 147 Å². The lowest BCUT2D eigenvalue weighted by Crippen LogP contribution is -2.43. The molecule has 4 saturated heterocycles. The number of benzene rings is 2. The van der Waals surface area contributed by atoms with Gasteiger partial charge in [-0.05, 0) is 125 Å².